The number of hydrogen-bond donors (Lipinski definition) is 1. The molecule has 0 bridgehead atoms. The van der Waals surface area contributed by atoms with Crippen LogP contribution in [0.3, 0.4) is 0 Å². The third-order valence-electron chi connectivity index (χ3n) is 4.43. The average molecular weight is 309 g/mol. The highest BCUT2D eigenvalue weighted by Crippen LogP contribution is 2.50. The molecule has 22 heavy (non-hydrogen) atoms. The van der Waals surface area contributed by atoms with Crippen LogP contribution in [0, 0.1) is 17.6 Å². The molecule has 1 aromatic rings. The second kappa shape index (κ2) is 5.34. The van der Waals surface area contributed by atoms with Gasteiger partial charge < -0.3 is 10.0 Å². The van der Waals surface area contributed by atoms with Crippen molar-refractivity contribution in [2.75, 3.05) is 0 Å². The van der Waals surface area contributed by atoms with Gasteiger partial charge in [0.1, 0.15) is 17.7 Å². The van der Waals surface area contributed by atoms with Crippen LogP contribution >= 0.6 is 0 Å². The molecule has 3 unspecified atom stereocenters. The number of carboxylic acids is 1. The number of carbonyl (C=O) groups excluding carboxylic acids is 1. The van der Waals surface area contributed by atoms with E-state index in [9.17, 15) is 18.4 Å². The molecule has 0 aliphatic heterocycles. The lowest BCUT2D eigenvalue weighted by Crippen LogP contribution is -2.45. The van der Waals surface area contributed by atoms with E-state index in [4.69, 9.17) is 5.11 Å². The largest absolute Gasteiger partial charge is 0.480 e. The molecular weight excluding hydrogens is 292 g/mol. The van der Waals surface area contributed by atoms with Gasteiger partial charge >= 0.3 is 5.97 Å². The number of halogens is 2. The van der Waals surface area contributed by atoms with Crippen LogP contribution < -0.4 is 0 Å². The lowest BCUT2D eigenvalue weighted by molar-refractivity contribution is -0.150. The van der Waals surface area contributed by atoms with Crippen molar-refractivity contribution in [2.45, 2.75) is 44.2 Å². The van der Waals surface area contributed by atoms with Crippen LogP contribution in [0.5, 0.6) is 0 Å². The Hall–Kier alpha value is -1.98. The van der Waals surface area contributed by atoms with E-state index in [0.717, 1.165) is 31.0 Å². The van der Waals surface area contributed by atoms with Gasteiger partial charge in [-0.15, -0.1) is 0 Å². The first-order chi connectivity index (χ1) is 10.4. The zero-order chi connectivity index (χ0) is 16.0. The molecule has 1 N–H and O–H groups in total. The predicted octanol–water partition coefficient (Wildman–Crippen LogP) is 2.53. The molecule has 118 valence electrons. The molecule has 0 aromatic heterocycles. The third-order valence-corrected chi connectivity index (χ3v) is 4.43. The fourth-order valence-corrected chi connectivity index (χ4v) is 2.96. The Labute approximate surface area is 126 Å². The number of rotatable bonds is 5. The van der Waals surface area contributed by atoms with Gasteiger partial charge in [0.25, 0.3) is 0 Å². The molecule has 0 saturated heterocycles. The van der Waals surface area contributed by atoms with E-state index in [-0.39, 0.29) is 23.4 Å². The fraction of sp³-hybridized carbons (Fsp3) is 0.500. The number of hydrogen-bond acceptors (Lipinski definition) is 2. The van der Waals surface area contributed by atoms with Crippen molar-refractivity contribution in [3.63, 3.8) is 0 Å². The number of benzene rings is 1. The lowest BCUT2D eigenvalue weighted by atomic mass is 10.1. The first kappa shape index (κ1) is 14.9. The summed E-state index contributed by atoms with van der Waals surface area (Å²) in [7, 11) is 0. The van der Waals surface area contributed by atoms with Gasteiger partial charge in [-0.25, -0.2) is 13.6 Å². The Morgan fingerprint density at radius 1 is 1.32 bits per heavy atom. The zero-order valence-electron chi connectivity index (χ0n) is 12.1. The minimum atomic E-state index is -1.05. The van der Waals surface area contributed by atoms with E-state index in [0.29, 0.717) is 6.42 Å². The Bertz CT molecular complexity index is 630. The van der Waals surface area contributed by atoms with Crippen molar-refractivity contribution < 1.29 is 23.5 Å². The Kier molecular flexibility index (Phi) is 3.62. The summed E-state index contributed by atoms with van der Waals surface area (Å²) < 4.78 is 27.0. The summed E-state index contributed by atoms with van der Waals surface area (Å²) in [5.74, 6) is -3.16. The van der Waals surface area contributed by atoms with E-state index in [2.05, 4.69) is 0 Å². The number of aliphatic carboxylic acids is 1. The standard InChI is InChI=1S/C16H17F2NO3/c1-8(16(21)22)19(10-3-4-10)15(20)13-7-11(13)12-6-9(17)2-5-14(12)18/h2,5-6,8,10-11,13H,3-4,7H2,1H3,(H,21,22). The van der Waals surface area contributed by atoms with Crippen LogP contribution in [-0.2, 0) is 9.59 Å². The molecule has 1 aromatic carbocycles. The molecule has 0 heterocycles. The number of carbonyl (C=O) groups is 2. The highest BCUT2D eigenvalue weighted by atomic mass is 19.1. The SMILES string of the molecule is CC(C(=O)O)N(C(=O)C1CC1c1cc(F)ccc1F)C1CC1. The van der Waals surface area contributed by atoms with Gasteiger partial charge in [-0.2, -0.15) is 0 Å². The molecular formula is C16H17F2NO3. The van der Waals surface area contributed by atoms with E-state index in [1.807, 2.05) is 0 Å². The zero-order valence-corrected chi connectivity index (χ0v) is 12.1. The van der Waals surface area contributed by atoms with Crippen LogP contribution in [-0.4, -0.2) is 34.0 Å². The van der Waals surface area contributed by atoms with Gasteiger partial charge in [-0.1, -0.05) is 0 Å². The molecule has 6 heteroatoms. The second-order valence-corrected chi connectivity index (χ2v) is 6.11. The van der Waals surface area contributed by atoms with E-state index < -0.39 is 29.6 Å². The topological polar surface area (TPSA) is 57.6 Å². The maximum atomic E-state index is 13.8. The van der Waals surface area contributed by atoms with Crippen LogP contribution in [0.2, 0.25) is 0 Å². The molecule has 0 radical (unpaired) electrons. The van der Waals surface area contributed by atoms with Crippen molar-refractivity contribution >= 4 is 11.9 Å². The summed E-state index contributed by atoms with van der Waals surface area (Å²) >= 11 is 0. The molecule has 2 fully saturated rings. The summed E-state index contributed by atoms with van der Waals surface area (Å²) in [6.07, 6.45) is 2.04. The van der Waals surface area contributed by atoms with Crippen molar-refractivity contribution in [3.05, 3.63) is 35.4 Å². The van der Waals surface area contributed by atoms with Gasteiger partial charge in [-0.3, -0.25) is 4.79 Å². The van der Waals surface area contributed by atoms with Crippen LogP contribution in [0.15, 0.2) is 18.2 Å². The first-order valence-electron chi connectivity index (χ1n) is 7.40. The van der Waals surface area contributed by atoms with E-state index in [1.54, 1.807) is 0 Å². The van der Waals surface area contributed by atoms with Gasteiger partial charge in [-0.05, 0) is 55.9 Å². The van der Waals surface area contributed by atoms with Crippen molar-refractivity contribution in [1.82, 2.24) is 4.90 Å². The van der Waals surface area contributed by atoms with Gasteiger partial charge in [0.15, 0.2) is 0 Å². The molecule has 2 saturated carbocycles. The van der Waals surface area contributed by atoms with Crippen LogP contribution in [0.4, 0.5) is 8.78 Å². The summed E-state index contributed by atoms with van der Waals surface area (Å²) in [5, 5.41) is 9.14. The Morgan fingerprint density at radius 2 is 2.00 bits per heavy atom. The summed E-state index contributed by atoms with van der Waals surface area (Å²) in [6, 6.07) is 2.30. The summed E-state index contributed by atoms with van der Waals surface area (Å²) in [5.41, 5.74) is 0.206. The normalized spacial score (nSPS) is 24.7. The minimum absolute atomic E-state index is 0.0304. The summed E-state index contributed by atoms with van der Waals surface area (Å²) in [6.45, 7) is 1.48. The monoisotopic (exact) mass is 309 g/mol. The lowest BCUT2D eigenvalue weighted by Gasteiger charge is -2.26. The molecule has 1 amide bonds. The molecule has 3 rings (SSSR count). The minimum Gasteiger partial charge on any atom is -0.480 e. The van der Waals surface area contributed by atoms with Crippen LogP contribution in [0.25, 0.3) is 0 Å². The highest BCUT2D eigenvalue weighted by Gasteiger charge is 2.51. The van der Waals surface area contributed by atoms with Crippen molar-refractivity contribution in [2.24, 2.45) is 5.92 Å². The second-order valence-electron chi connectivity index (χ2n) is 6.11. The third kappa shape index (κ3) is 2.69. The highest BCUT2D eigenvalue weighted by molar-refractivity contribution is 5.88. The maximum absolute atomic E-state index is 13.8. The molecule has 4 nitrogen and oxygen atoms in total. The Morgan fingerprint density at radius 3 is 2.59 bits per heavy atom. The molecule has 2 aliphatic rings. The number of carboxylic acid groups (broad SMARTS) is 1. The molecule has 3 atom stereocenters. The maximum Gasteiger partial charge on any atom is 0.326 e. The predicted molar refractivity (Wildman–Crippen MR) is 74.2 cm³/mol. The summed E-state index contributed by atoms with van der Waals surface area (Å²) in [4.78, 5) is 25.1. The molecule has 0 spiro atoms. The smallest absolute Gasteiger partial charge is 0.326 e. The van der Waals surface area contributed by atoms with Crippen molar-refractivity contribution in [3.8, 4) is 0 Å². The first-order valence-corrected chi connectivity index (χ1v) is 7.40. The fourth-order valence-electron chi connectivity index (χ4n) is 2.96. The number of nitrogens with zero attached hydrogens (tertiary/aromatic N) is 1. The number of amides is 1. The van der Waals surface area contributed by atoms with Crippen LogP contribution in [0.1, 0.15) is 37.7 Å². The van der Waals surface area contributed by atoms with Gasteiger partial charge in [0.05, 0.1) is 0 Å². The quantitative estimate of drug-likeness (QED) is 0.909. The average Bonchev–Trinajstić information content (AvgIpc) is 3.34. The van der Waals surface area contributed by atoms with Gasteiger partial charge in [0.2, 0.25) is 5.91 Å². The Balaban J connectivity index is 1.76. The van der Waals surface area contributed by atoms with E-state index in [1.165, 1.54) is 11.8 Å². The van der Waals surface area contributed by atoms with Gasteiger partial charge in [0, 0.05) is 12.0 Å². The molecule has 2 aliphatic carbocycles. The van der Waals surface area contributed by atoms with E-state index >= 15 is 0 Å². The van der Waals surface area contributed by atoms with Crippen molar-refractivity contribution in [1.29, 1.82) is 0 Å².